The van der Waals surface area contributed by atoms with Crippen LogP contribution in [0.15, 0.2) is 22.7 Å². The van der Waals surface area contributed by atoms with Crippen LogP contribution < -0.4 is 0 Å². The number of nitrogens with zero attached hydrogens (tertiary/aromatic N) is 1. The van der Waals surface area contributed by atoms with E-state index in [0.717, 1.165) is 5.56 Å². The van der Waals surface area contributed by atoms with Gasteiger partial charge >= 0.3 is 0 Å². The van der Waals surface area contributed by atoms with Crippen molar-refractivity contribution < 1.29 is 12.8 Å². The third-order valence-corrected chi connectivity index (χ3v) is 4.89. The Morgan fingerprint density at radius 1 is 1.47 bits per heavy atom. The van der Waals surface area contributed by atoms with Crippen molar-refractivity contribution in [2.75, 3.05) is 12.3 Å². The van der Waals surface area contributed by atoms with Gasteiger partial charge in [-0.05, 0) is 17.7 Å². The quantitative estimate of drug-likeness (QED) is 0.833. The molecular formula is C9H9BrFNO2S. The Labute approximate surface area is 96.1 Å². The molecule has 82 valence electrons. The molecule has 0 radical (unpaired) electrons. The molecule has 1 aromatic rings. The summed E-state index contributed by atoms with van der Waals surface area (Å²) in [5, 5.41) is 0. The maximum atomic E-state index is 12.8. The molecule has 0 amide bonds. The highest BCUT2D eigenvalue weighted by Gasteiger charge is 2.32. The molecule has 1 heterocycles. The van der Waals surface area contributed by atoms with Gasteiger partial charge in [0.2, 0.25) is 10.0 Å². The SMILES string of the molecule is O=S1(=O)CCN1Cc1ccc(F)cc1Br. The van der Waals surface area contributed by atoms with E-state index in [9.17, 15) is 12.8 Å². The molecule has 6 heteroatoms. The lowest BCUT2D eigenvalue weighted by Crippen LogP contribution is -2.46. The van der Waals surface area contributed by atoms with E-state index in [0.29, 0.717) is 17.6 Å². The molecule has 0 atom stereocenters. The van der Waals surface area contributed by atoms with E-state index in [2.05, 4.69) is 15.9 Å². The summed E-state index contributed by atoms with van der Waals surface area (Å²) in [7, 11) is -3.03. The number of rotatable bonds is 2. The van der Waals surface area contributed by atoms with Crippen molar-refractivity contribution in [3.63, 3.8) is 0 Å². The second-order valence-electron chi connectivity index (χ2n) is 3.39. The van der Waals surface area contributed by atoms with Gasteiger partial charge in [0.05, 0.1) is 5.75 Å². The van der Waals surface area contributed by atoms with Gasteiger partial charge < -0.3 is 0 Å². The lowest BCUT2D eigenvalue weighted by atomic mass is 10.2. The van der Waals surface area contributed by atoms with E-state index < -0.39 is 10.0 Å². The zero-order chi connectivity index (χ0) is 11.1. The molecule has 0 aromatic heterocycles. The molecule has 0 N–H and O–H groups in total. The molecule has 0 aliphatic carbocycles. The molecular weight excluding hydrogens is 285 g/mol. The number of sulfonamides is 1. The van der Waals surface area contributed by atoms with E-state index in [1.165, 1.54) is 16.4 Å². The van der Waals surface area contributed by atoms with Gasteiger partial charge in [0, 0.05) is 17.6 Å². The van der Waals surface area contributed by atoms with Crippen LogP contribution in [0.5, 0.6) is 0 Å². The van der Waals surface area contributed by atoms with E-state index in [4.69, 9.17) is 0 Å². The van der Waals surface area contributed by atoms with Crippen LogP contribution >= 0.6 is 15.9 Å². The van der Waals surface area contributed by atoms with Crippen molar-refractivity contribution >= 4 is 26.0 Å². The van der Waals surface area contributed by atoms with Gasteiger partial charge in [-0.2, -0.15) is 4.31 Å². The van der Waals surface area contributed by atoms with Crippen molar-refractivity contribution in [1.29, 1.82) is 0 Å². The van der Waals surface area contributed by atoms with Crippen LogP contribution in [-0.2, 0) is 16.6 Å². The molecule has 0 unspecified atom stereocenters. The summed E-state index contributed by atoms with van der Waals surface area (Å²) in [6.45, 7) is 0.856. The summed E-state index contributed by atoms with van der Waals surface area (Å²) in [4.78, 5) is 0. The lowest BCUT2D eigenvalue weighted by molar-refractivity contribution is 0.378. The summed E-state index contributed by atoms with van der Waals surface area (Å²) < 4.78 is 37.2. The number of hydrogen-bond donors (Lipinski definition) is 0. The van der Waals surface area contributed by atoms with Gasteiger partial charge in [-0.15, -0.1) is 0 Å². The number of halogens is 2. The minimum Gasteiger partial charge on any atom is -0.212 e. The van der Waals surface area contributed by atoms with Gasteiger partial charge in [0.1, 0.15) is 5.82 Å². The Balaban J connectivity index is 2.18. The molecule has 2 rings (SSSR count). The van der Waals surface area contributed by atoms with E-state index >= 15 is 0 Å². The first kappa shape index (κ1) is 11.0. The number of hydrogen-bond acceptors (Lipinski definition) is 2. The zero-order valence-corrected chi connectivity index (χ0v) is 10.2. The van der Waals surface area contributed by atoms with Crippen LogP contribution in [0.4, 0.5) is 4.39 Å². The Kier molecular flexibility index (Phi) is 2.83. The second-order valence-corrected chi connectivity index (χ2v) is 6.33. The molecule has 1 aliphatic rings. The summed E-state index contributed by atoms with van der Waals surface area (Å²) >= 11 is 3.20. The first-order valence-electron chi connectivity index (χ1n) is 4.41. The molecule has 1 saturated heterocycles. The summed E-state index contributed by atoms with van der Waals surface area (Å²) in [5.74, 6) is -0.122. The molecule has 15 heavy (non-hydrogen) atoms. The van der Waals surface area contributed by atoms with E-state index in [1.54, 1.807) is 6.07 Å². The molecule has 1 aliphatic heterocycles. The molecule has 0 bridgehead atoms. The molecule has 3 nitrogen and oxygen atoms in total. The predicted octanol–water partition coefficient (Wildman–Crippen LogP) is 1.73. The fourth-order valence-electron chi connectivity index (χ4n) is 1.39. The molecule has 0 spiro atoms. The largest absolute Gasteiger partial charge is 0.215 e. The highest BCUT2D eigenvalue weighted by atomic mass is 79.9. The monoisotopic (exact) mass is 293 g/mol. The lowest BCUT2D eigenvalue weighted by Gasteiger charge is -2.30. The Hall–Kier alpha value is -0.460. The van der Waals surface area contributed by atoms with E-state index in [-0.39, 0.29) is 11.6 Å². The number of benzene rings is 1. The first-order valence-corrected chi connectivity index (χ1v) is 6.81. The summed E-state index contributed by atoms with van der Waals surface area (Å²) in [6.07, 6.45) is 0. The maximum absolute atomic E-state index is 12.8. The van der Waals surface area contributed by atoms with Gasteiger partial charge in [-0.25, -0.2) is 12.8 Å². The Morgan fingerprint density at radius 3 is 2.67 bits per heavy atom. The van der Waals surface area contributed by atoms with Gasteiger partial charge in [-0.3, -0.25) is 0 Å². The fraction of sp³-hybridized carbons (Fsp3) is 0.333. The van der Waals surface area contributed by atoms with Crippen molar-refractivity contribution in [2.24, 2.45) is 0 Å². The minimum atomic E-state index is -3.03. The van der Waals surface area contributed by atoms with Crippen molar-refractivity contribution in [3.8, 4) is 0 Å². The van der Waals surface area contributed by atoms with Gasteiger partial charge in [-0.1, -0.05) is 22.0 Å². The third kappa shape index (κ3) is 2.21. The topological polar surface area (TPSA) is 37.4 Å². The van der Waals surface area contributed by atoms with E-state index in [1.807, 2.05) is 0 Å². The average Bonchev–Trinajstić information content (AvgIpc) is 2.15. The Morgan fingerprint density at radius 2 is 2.20 bits per heavy atom. The fourth-order valence-corrected chi connectivity index (χ4v) is 2.94. The zero-order valence-electron chi connectivity index (χ0n) is 7.78. The molecule has 0 saturated carbocycles. The highest BCUT2D eigenvalue weighted by molar-refractivity contribution is 9.10. The molecule has 1 aromatic carbocycles. The van der Waals surface area contributed by atoms with Gasteiger partial charge in [0.25, 0.3) is 0 Å². The Bertz CT molecular complexity index is 489. The standard InChI is InChI=1S/C9H9BrFNO2S/c10-9-5-8(11)2-1-7(9)6-12-3-4-15(12,13)14/h1-2,5H,3-4,6H2. The summed E-state index contributed by atoms with van der Waals surface area (Å²) in [6, 6.07) is 4.25. The minimum absolute atomic E-state index is 0.214. The third-order valence-electron chi connectivity index (χ3n) is 2.35. The predicted molar refractivity (Wildman–Crippen MR) is 58.3 cm³/mol. The normalized spacial score (nSPS) is 19.9. The van der Waals surface area contributed by atoms with Crippen LogP contribution in [0, 0.1) is 5.82 Å². The summed E-state index contributed by atoms with van der Waals surface area (Å²) in [5.41, 5.74) is 0.777. The van der Waals surface area contributed by atoms with Crippen molar-refractivity contribution in [2.45, 2.75) is 6.54 Å². The van der Waals surface area contributed by atoms with Crippen LogP contribution in [0.2, 0.25) is 0 Å². The van der Waals surface area contributed by atoms with Crippen LogP contribution in [0.25, 0.3) is 0 Å². The molecule has 1 fully saturated rings. The van der Waals surface area contributed by atoms with Crippen molar-refractivity contribution in [1.82, 2.24) is 4.31 Å². The van der Waals surface area contributed by atoms with Gasteiger partial charge in [0.15, 0.2) is 0 Å². The first-order chi connectivity index (χ1) is 6.99. The second kappa shape index (κ2) is 3.84. The smallest absolute Gasteiger partial charge is 0.212 e. The average molecular weight is 294 g/mol. The highest BCUT2D eigenvalue weighted by Crippen LogP contribution is 2.23. The maximum Gasteiger partial charge on any atom is 0.215 e. The van der Waals surface area contributed by atoms with Crippen molar-refractivity contribution in [3.05, 3.63) is 34.1 Å². The van der Waals surface area contributed by atoms with Crippen LogP contribution in [0.1, 0.15) is 5.56 Å². The van der Waals surface area contributed by atoms with Crippen LogP contribution in [-0.4, -0.2) is 25.0 Å². The van der Waals surface area contributed by atoms with Crippen LogP contribution in [0.3, 0.4) is 0 Å².